The van der Waals surface area contributed by atoms with E-state index in [2.05, 4.69) is 24.2 Å². The first-order chi connectivity index (χ1) is 8.74. The Balaban J connectivity index is 1.97. The van der Waals surface area contributed by atoms with Gasteiger partial charge in [-0.05, 0) is 43.5 Å². The highest BCUT2D eigenvalue weighted by atomic mass is 35.5. The molecule has 2 nitrogen and oxygen atoms in total. The van der Waals surface area contributed by atoms with Crippen molar-refractivity contribution in [3.8, 4) is 5.69 Å². The number of hydrogen-bond acceptors (Lipinski definition) is 1. The second-order valence-electron chi connectivity index (χ2n) is 5.12. The zero-order chi connectivity index (χ0) is 12.5. The molecule has 3 heteroatoms. The third kappa shape index (κ3) is 2.17. The number of benzene rings is 1. The van der Waals surface area contributed by atoms with Crippen molar-refractivity contribution in [2.75, 3.05) is 0 Å². The standard InChI is InChI=1S/C15H17ClN2/c1-11-5-4-8-13(9-11)18-15(16)10-14(17-18)12-6-2-3-7-12/h4-5,8-10,12H,2-3,6-7H2,1H3. The van der Waals surface area contributed by atoms with Gasteiger partial charge in [-0.15, -0.1) is 0 Å². The van der Waals surface area contributed by atoms with E-state index in [0.717, 1.165) is 11.4 Å². The molecule has 0 aliphatic heterocycles. The van der Waals surface area contributed by atoms with Crippen LogP contribution in [-0.2, 0) is 0 Å². The molecular formula is C15H17ClN2. The maximum atomic E-state index is 6.31. The molecule has 0 unspecified atom stereocenters. The molecule has 94 valence electrons. The van der Waals surface area contributed by atoms with E-state index in [1.54, 1.807) is 0 Å². The number of nitrogens with zero attached hydrogens (tertiary/aromatic N) is 2. The zero-order valence-electron chi connectivity index (χ0n) is 10.6. The molecule has 0 amide bonds. The molecule has 0 N–H and O–H groups in total. The first kappa shape index (κ1) is 11.8. The molecule has 0 radical (unpaired) electrons. The summed E-state index contributed by atoms with van der Waals surface area (Å²) in [5.41, 5.74) is 3.42. The van der Waals surface area contributed by atoms with E-state index in [1.165, 1.54) is 31.2 Å². The van der Waals surface area contributed by atoms with Crippen LogP contribution in [0.2, 0.25) is 5.15 Å². The van der Waals surface area contributed by atoms with Crippen LogP contribution in [0, 0.1) is 6.92 Å². The Morgan fingerprint density at radius 2 is 2.00 bits per heavy atom. The van der Waals surface area contributed by atoms with Crippen molar-refractivity contribution in [2.24, 2.45) is 0 Å². The quantitative estimate of drug-likeness (QED) is 0.778. The maximum Gasteiger partial charge on any atom is 0.133 e. The molecule has 3 rings (SSSR count). The lowest BCUT2D eigenvalue weighted by molar-refractivity contribution is 0.678. The number of hydrogen-bond donors (Lipinski definition) is 0. The van der Waals surface area contributed by atoms with Crippen LogP contribution in [0.1, 0.15) is 42.9 Å². The molecule has 1 aromatic carbocycles. The normalized spacial score (nSPS) is 16.3. The largest absolute Gasteiger partial charge is 0.222 e. The summed E-state index contributed by atoms with van der Waals surface area (Å²) in [5, 5.41) is 5.40. The summed E-state index contributed by atoms with van der Waals surface area (Å²) >= 11 is 6.31. The Kier molecular flexibility index (Phi) is 3.13. The minimum atomic E-state index is 0.605. The van der Waals surface area contributed by atoms with Gasteiger partial charge in [0.15, 0.2) is 0 Å². The zero-order valence-corrected chi connectivity index (χ0v) is 11.3. The van der Waals surface area contributed by atoms with Crippen LogP contribution in [0.5, 0.6) is 0 Å². The van der Waals surface area contributed by atoms with Crippen LogP contribution in [0.3, 0.4) is 0 Å². The van der Waals surface area contributed by atoms with Crippen LogP contribution < -0.4 is 0 Å². The first-order valence-electron chi connectivity index (χ1n) is 6.56. The van der Waals surface area contributed by atoms with Gasteiger partial charge < -0.3 is 0 Å². The van der Waals surface area contributed by atoms with Crippen molar-refractivity contribution in [3.63, 3.8) is 0 Å². The molecule has 1 saturated carbocycles. The molecule has 1 heterocycles. The van der Waals surface area contributed by atoms with E-state index in [-0.39, 0.29) is 0 Å². The van der Waals surface area contributed by atoms with E-state index in [0.29, 0.717) is 11.1 Å². The fourth-order valence-corrected chi connectivity index (χ4v) is 2.98. The highest BCUT2D eigenvalue weighted by Crippen LogP contribution is 2.34. The Morgan fingerprint density at radius 3 is 2.72 bits per heavy atom. The number of aryl methyl sites for hydroxylation is 1. The van der Waals surface area contributed by atoms with Gasteiger partial charge in [-0.1, -0.05) is 36.6 Å². The third-order valence-electron chi connectivity index (χ3n) is 3.70. The van der Waals surface area contributed by atoms with E-state index in [1.807, 2.05) is 22.9 Å². The van der Waals surface area contributed by atoms with Crippen LogP contribution >= 0.6 is 11.6 Å². The first-order valence-corrected chi connectivity index (χ1v) is 6.94. The number of aromatic nitrogens is 2. The molecule has 1 aliphatic carbocycles. The predicted molar refractivity (Wildman–Crippen MR) is 74.5 cm³/mol. The van der Waals surface area contributed by atoms with E-state index in [4.69, 9.17) is 11.6 Å². The summed E-state index contributed by atoms with van der Waals surface area (Å²) in [6.07, 6.45) is 5.14. The van der Waals surface area contributed by atoms with Crippen molar-refractivity contribution in [3.05, 3.63) is 46.7 Å². The fraction of sp³-hybridized carbons (Fsp3) is 0.400. The Morgan fingerprint density at radius 1 is 1.22 bits per heavy atom. The van der Waals surface area contributed by atoms with Gasteiger partial charge >= 0.3 is 0 Å². The Bertz CT molecular complexity index is 553. The van der Waals surface area contributed by atoms with Crippen molar-refractivity contribution in [1.29, 1.82) is 0 Å². The van der Waals surface area contributed by atoms with E-state index in [9.17, 15) is 0 Å². The van der Waals surface area contributed by atoms with E-state index < -0.39 is 0 Å². The van der Waals surface area contributed by atoms with Gasteiger partial charge in [0.05, 0.1) is 11.4 Å². The molecule has 1 aromatic heterocycles. The second-order valence-corrected chi connectivity index (χ2v) is 5.51. The van der Waals surface area contributed by atoms with Gasteiger partial charge in [-0.25, -0.2) is 4.68 Å². The number of halogens is 1. The lowest BCUT2D eigenvalue weighted by Crippen LogP contribution is -1.99. The summed E-state index contributed by atoms with van der Waals surface area (Å²) in [6.45, 7) is 2.08. The minimum Gasteiger partial charge on any atom is -0.222 e. The Hall–Kier alpha value is -1.28. The SMILES string of the molecule is Cc1cccc(-n2nc(C3CCCC3)cc2Cl)c1. The number of rotatable bonds is 2. The lowest BCUT2D eigenvalue weighted by atomic mass is 10.1. The molecular weight excluding hydrogens is 244 g/mol. The van der Waals surface area contributed by atoms with Gasteiger partial charge in [0.1, 0.15) is 5.15 Å². The maximum absolute atomic E-state index is 6.31. The van der Waals surface area contributed by atoms with Crippen molar-refractivity contribution in [1.82, 2.24) is 9.78 Å². The lowest BCUT2D eigenvalue weighted by Gasteiger charge is -2.05. The van der Waals surface area contributed by atoms with Crippen molar-refractivity contribution >= 4 is 11.6 Å². The van der Waals surface area contributed by atoms with Gasteiger partial charge in [0.2, 0.25) is 0 Å². The third-order valence-corrected chi connectivity index (χ3v) is 3.97. The van der Waals surface area contributed by atoms with Crippen molar-refractivity contribution < 1.29 is 0 Å². The van der Waals surface area contributed by atoms with E-state index >= 15 is 0 Å². The average Bonchev–Trinajstić information content (AvgIpc) is 2.97. The summed E-state index contributed by atoms with van der Waals surface area (Å²) < 4.78 is 1.85. The second kappa shape index (κ2) is 4.77. The molecule has 0 saturated heterocycles. The Labute approximate surface area is 113 Å². The molecule has 0 bridgehead atoms. The molecule has 1 aliphatic rings. The summed E-state index contributed by atoms with van der Waals surface area (Å²) in [4.78, 5) is 0. The van der Waals surface area contributed by atoms with Gasteiger partial charge in [-0.3, -0.25) is 0 Å². The van der Waals surface area contributed by atoms with Crippen LogP contribution in [-0.4, -0.2) is 9.78 Å². The molecule has 2 aromatic rings. The van der Waals surface area contributed by atoms with Gasteiger partial charge in [-0.2, -0.15) is 5.10 Å². The fourth-order valence-electron chi connectivity index (χ4n) is 2.74. The van der Waals surface area contributed by atoms with Crippen LogP contribution in [0.4, 0.5) is 0 Å². The van der Waals surface area contributed by atoms with Gasteiger partial charge in [0, 0.05) is 5.92 Å². The molecule has 0 spiro atoms. The molecule has 18 heavy (non-hydrogen) atoms. The minimum absolute atomic E-state index is 0.605. The van der Waals surface area contributed by atoms with Gasteiger partial charge in [0.25, 0.3) is 0 Å². The van der Waals surface area contributed by atoms with Crippen molar-refractivity contribution in [2.45, 2.75) is 38.5 Å². The molecule has 1 fully saturated rings. The highest BCUT2D eigenvalue weighted by molar-refractivity contribution is 6.29. The monoisotopic (exact) mass is 260 g/mol. The summed E-state index contributed by atoms with van der Waals surface area (Å²) in [5.74, 6) is 0.605. The summed E-state index contributed by atoms with van der Waals surface area (Å²) in [6, 6.07) is 10.3. The smallest absolute Gasteiger partial charge is 0.133 e. The highest BCUT2D eigenvalue weighted by Gasteiger charge is 2.21. The predicted octanol–water partition coefficient (Wildman–Crippen LogP) is 4.49. The topological polar surface area (TPSA) is 17.8 Å². The molecule has 0 atom stereocenters. The van der Waals surface area contributed by atoms with Crippen LogP contribution in [0.15, 0.2) is 30.3 Å². The summed E-state index contributed by atoms with van der Waals surface area (Å²) in [7, 11) is 0. The van der Waals surface area contributed by atoms with Crippen LogP contribution in [0.25, 0.3) is 5.69 Å². The average molecular weight is 261 g/mol.